The van der Waals surface area contributed by atoms with Crippen LogP contribution in [-0.2, 0) is 33.9 Å². The molecule has 1 aliphatic heterocycles. The van der Waals surface area contributed by atoms with Gasteiger partial charge in [0.1, 0.15) is 29.9 Å². The van der Waals surface area contributed by atoms with Crippen molar-refractivity contribution in [2.45, 2.75) is 56.5 Å². The van der Waals surface area contributed by atoms with Crippen LogP contribution < -0.4 is 26.8 Å². The smallest absolute Gasteiger partial charge is 0.418 e. The van der Waals surface area contributed by atoms with Crippen LogP contribution in [0.15, 0.2) is 40.9 Å². The monoisotopic (exact) mass is 678 g/mol. The van der Waals surface area contributed by atoms with Gasteiger partial charge in [-0.25, -0.2) is 14.8 Å². The van der Waals surface area contributed by atoms with E-state index < -0.39 is 58.2 Å². The number of rotatable bonds is 13. The van der Waals surface area contributed by atoms with E-state index >= 15 is 0 Å². The molecule has 46 heavy (non-hydrogen) atoms. The van der Waals surface area contributed by atoms with E-state index in [1.165, 1.54) is 19.2 Å². The maximum atomic E-state index is 13.2. The van der Waals surface area contributed by atoms with E-state index in [0.717, 1.165) is 29.6 Å². The average molecular weight is 679 g/mol. The van der Waals surface area contributed by atoms with Crippen molar-refractivity contribution in [2.24, 2.45) is 10.9 Å². The second-order valence-electron chi connectivity index (χ2n) is 11.1. The molecule has 2 amide bonds. The average Bonchev–Trinajstić information content (AvgIpc) is 3.40. The molecule has 0 radical (unpaired) electrons. The molecule has 1 saturated carbocycles. The molecule has 2 aliphatic rings. The molecule has 5 rings (SSSR count). The van der Waals surface area contributed by atoms with Gasteiger partial charge in [-0.05, 0) is 57.0 Å². The number of thiazole rings is 1. The fraction of sp³-hybridized carbons (Fsp3) is 0.385. The van der Waals surface area contributed by atoms with Crippen molar-refractivity contribution in [3.8, 4) is 5.75 Å². The first kappa shape index (κ1) is 32.8. The molecule has 18 nitrogen and oxygen atoms in total. The fourth-order valence-electron chi connectivity index (χ4n) is 4.72. The molecule has 1 saturated heterocycles. The Morgan fingerprint density at radius 1 is 1.24 bits per heavy atom. The van der Waals surface area contributed by atoms with Gasteiger partial charge >= 0.3 is 16.4 Å². The van der Waals surface area contributed by atoms with Crippen LogP contribution in [0.2, 0.25) is 0 Å². The number of nitrogen functional groups attached to an aromatic ring is 1. The highest BCUT2D eigenvalue weighted by Gasteiger charge is 2.58. The SMILES string of the molecule is CC1(C)C(NC(=O)/C(=N\OC(COc2ccc3nc(NC4CC(N)C4)ccc3c2)C(=O)O)c2csc(N)n2)C(=O)N1OS(=O)(=O)O. The number of amides is 2. The van der Waals surface area contributed by atoms with Crippen LogP contribution in [0.25, 0.3) is 10.9 Å². The number of oxime groups is 1. The van der Waals surface area contributed by atoms with Crippen LogP contribution in [0.5, 0.6) is 5.75 Å². The molecule has 2 aromatic heterocycles. The molecule has 1 aromatic carbocycles. The van der Waals surface area contributed by atoms with E-state index in [1.54, 1.807) is 18.2 Å². The zero-order chi connectivity index (χ0) is 33.4. The third-order valence-electron chi connectivity index (χ3n) is 7.24. The first-order chi connectivity index (χ1) is 21.6. The van der Waals surface area contributed by atoms with Crippen molar-refractivity contribution in [2.75, 3.05) is 17.7 Å². The number of hydrogen-bond donors (Lipinski definition) is 6. The minimum Gasteiger partial charge on any atom is -0.489 e. The molecule has 2 atom stereocenters. The highest BCUT2D eigenvalue weighted by atomic mass is 32.3. The van der Waals surface area contributed by atoms with Gasteiger partial charge in [-0.3, -0.25) is 14.1 Å². The second kappa shape index (κ2) is 12.6. The maximum Gasteiger partial charge on any atom is 0.418 e. The molecule has 1 aliphatic carbocycles. The van der Waals surface area contributed by atoms with Crippen LogP contribution in [0.3, 0.4) is 0 Å². The summed E-state index contributed by atoms with van der Waals surface area (Å²) in [5.41, 5.74) is 10.2. The quantitative estimate of drug-likeness (QED) is 0.0613. The molecular formula is C26H30N8O10S2. The number of nitrogens with two attached hydrogens (primary N) is 2. The largest absolute Gasteiger partial charge is 0.489 e. The number of ether oxygens (including phenoxy) is 1. The van der Waals surface area contributed by atoms with Crippen molar-refractivity contribution in [3.63, 3.8) is 0 Å². The molecule has 8 N–H and O–H groups in total. The molecular weight excluding hydrogens is 648 g/mol. The summed E-state index contributed by atoms with van der Waals surface area (Å²) in [7, 11) is -5.02. The zero-order valence-electron chi connectivity index (χ0n) is 24.3. The molecule has 0 bridgehead atoms. The topological polar surface area (TPSA) is 271 Å². The fourth-order valence-corrected chi connectivity index (χ4v) is 5.72. The van der Waals surface area contributed by atoms with Crippen molar-refractivity contribution < 1.29 is 46.3 Å². The number of carboxylic acids is 1. The van der Waals surface area contributed by atoms with Gasteiger partial charge in [0.2, 0.25) is 0 Å². The highest BCUT2D eigenvalue weighted by molar-refractivity contribution is 7.80. The number of nitrogens with zero attached hydrogens (tertiary/aromatic N) is 4. The van der Waals surface area contributed by atoms with Gasteiger partial charge in [0.15, 0.2) is 10.8 Å². The molecule has 0 spiro atoms. The summed E-state index contributed by atoms with van der Waals surface area (Å²) in [6, 6.07) is 7.84. The molecule has 246 valence electrons. The van der Waals surface area contributed by atoms with Gasteiger partial charge in [0.25, 0.3) is 17.9 Å². The van der Waals surface area contributed by atoms with Gasteiger partial charge in [-0.15, -0.1) is 15.6 Å². The number of hydroxylamine groups is 2. The number of nitrogens with one attached hydrogen (secondary N) is 2. The lowest BCUT2D eigenvalue weighted by atomic mass is 9.84. The first-order valence-electron chi connectivity index (χ1n) is 13.7. The standard InChI is InChI=1S/C26H30N8O10S2/c1-26(2)21(23(36)34(26)44-46(39,40)41)32-22(35)20(17-11-45-25(28)31-17)33-43-18(24(37)38)10-42-15-4-5-16-12(7-15)3-6-19(30-16)29-14-8-13(27)9-14/h3-7,11,13-14,18,21H,8-10,27H2,1-2H3,(H2,28,31)(H,29,30)(H,32,35)(H,37,38)(H,39,40,41)/b33-20-. The number of fused-ring (bicyclic) bond motifs is 1. The van der Waals surface area contributed by atoms with E-state index in [1.807, 2.05) is 12.1 Å². The number of carboxylic acid groups (broad SMARTS) is 1. The number of anilines is 2. The maximum absolute atomic E-state index is 13.2. The summed E-state index contributed by atoms with van der Waals surface area (Å²) in [6.45, 7) is 2.21. The van der Waals surface area contributed by atoms with Gasteiger partial charge < -0.3 is 36.8 Å². The Hall–Kier alpha value is -4.63. The molecule has 2 fully saturated rings. The molecule has 20 heteroatoms. The normalized spacial score (nSPS) is 21.6. The van der Waals surface area contributed by atoms with Crippen LogP contribution in [-0.4, -0.2) is 93.0 Å². The number of aliphatic carboxylic acids is 1. The third kappa shape index (κ3) is 7.26. The lowest BCUT2D eigenvalue weighted by molar-refractivity contribution is -0.218. The van der Waals surface area contributed by atoms with E-state index in [0.29, 0.717) is 22.1 Å². The van der Waals surface area contributed by atoms with Gasteiger partial charge in [0.05, 0.1) is 11.1 Å². The summed E-state index contributed by atoms with van der Waals surface area (Å²) in [5, 5.41) is 21.7. The third-order valence-corrected chi connectivity index (χ3v) is 8.25. The zero-order valence-corrected chi connectivity index (χ0v) is 25.9. The summed E-state index contributed by atoms with van der Waals surface area (Å²) in [4.78, 5) is 51.4. The Balaban J connectivity index is 1.26. The van der Waals surface area contributed by atoms with E-state index in [9.17, 15) is 27.9 Å². The Bertz CT molecular complexity index is 1810. The van der Waals surface area contributed by atoms with Crippen molar-refractivity contribution in [1.29, 1.82) is 0 Å². The summed E-state index contributed by atoms with van der Waals surface area (Å²) < 4.78 is 41.1. The van der Waals surface area contributed by atoms with Gasteiger partial charge in [-0.1, -0.05) is 5.16 Å². The number of carbonyl (C=O) groups is 3. The van der Waals surface area contributed by atoms with Gasteiger partial charge in [0, 0.05) is 22.8 Å². The van der Waals surface area contributed by atoms with Gasteiger partial charge in [-0.2, -0.15) is 13.5 Å². The van der Waals surface area contributed by atoms with Crippen LogP contribution in [0, 0.1) is 0 Å². The number of β-lactam (4-membered cyclic amide) rings is 1. The lowest BCUT2D eigenvalue weighted by Gasteiger charge is -2.50. The summed E-state index contributed by atoms with van der Waals surface area (Å²) >= 11 is 0.958. The Kier molecular flexibility index (Phi) is 9.00. The summed E-state index contributed by atoms with van der Waals surface area (Å²) in [5.74, 6) is -2.43. The molecule has 3 aromatic rings. The Labute approximate surface area is 265 Å². The number of pyridine rings is 1. The van der Waals surface area contributed by atoms with E-state index in [2.05, 4.69) is 30.0 Å². The van der Waals surface area contributed by atoms with Crippen molar-refractivity contribution in [1.82, 2.24) is 20.3 Å². The highest BCUT2D eigenvalue weighted by Crippen LogP contribution is 2.33. The van der Waals surface area contributed by atoms with Crippen molar-refractivity contribution >= 4 is 67.1 Å². The predicted molar refractivity (Wildman–Crippen MR) is 163 cm³/mol. The molecule has 2 unspecified atom stereocenters. The minimum atomic E-state index is -5.02. The van der Waals surface area contributed by atoms with Crippen molar-refractivity contribution in [3.05, 3.63) is 41.4 Å². The first-order valence-corrected chi connectivity index (χ1v) is 15.9. The summed E-state index contributed by atoms with van der Waals surface area (Å²) in [6.07, 6.45) is 0.0625. The minimum absolute atomic E-state index is 0.0577. The second-order valence-corrected chi connectivity index (χ2v) is 13.0. The van der Waals surface area contributed by atoms with Crippen LogP contribution >= 0.6 is 11.3 Å². The van der Waals surface area contributed by atoms with Crippen LogP contribution in [0.1, 0.15) is 32.4 Å². The number of hydrogen-bond acceptors (Lipinski definition) is 15. The number of aromatic nitrogens is 2. The Morgan fingerprint density at radius 3 is 2.59 bits per heavy atom. The number of carbonyl (C=O) groups excluding carboxylic acids is 2. The Morgan fingerprint density at radius 2 is 1.98 bits per heavy atom. The lowest BCUT2D eigenvalue weighted by Crippen LogP contribution is -2.76. The van der Waals surface area contributed by atoms with Crippen LogP contribution in [0.4, 0.5) is 10.9 Å². The van der Waals surface area contributed by atoms with E-state index in [4.69, 9.17) is 25.6 Å². The number of benzene rings is 1. The van der Waals surface area contributed by atoms with E-state index in [-0.39, 0.29) is 22.9 Å². The predicted octanol–water partition coefficient (Wildman–Crippen LogP) is 0.268. The molecule has 3 heterocycles.